The molecule has 0 spiro atoms. The third-order valence-corrected chi connectivity index (χ3v) is 5.66. The molecule has 2 aliphatic rings. The number of aromatic carboxylic acids is 1. The summed E-state index contributed by atoms with van der Waals surface area (Å²) in [5.74, 6) is -1.03. The van der Waals surface area contributed by atoms with E-state index in [1.54, 1.807) is 0 Å². The van der Waals surface area contributed by atoms with Gasteiger partial charge in [0.05, 0.1) is 24.3 Å². The van der Waals surface area contributed by atoms with E-state index < -0.39 is 12.1 Å². The highest BCUT2D eigenvalue weighted by molar-refractivity contribution is 5.90. The van der Waals surface area contributed by atoms with E-state index in [0.717, 1.165) is 11.1 Å². The van der Waals surface area contributed by atoms with Crippen LogP contribution in [0.1, 0.15) is 38.7 Å². The Bertz CT molecular complexity index is 1100. The summed E-state index contributed by atoms with van der Waals surface area (Å²) >= 11 is 0. The van der Waals surface area contributed by atoms with Gasteiger partial charge in [-0.2, -0.15) is 0 Å². The number of nitrogens with zero attached hydrogens (tertiary/aromatic N) is 2. The van der Waals surface area contributed by atoms with Crippen LogP contribution in [0.25, 0.3) is 11.1 Å². The van der Waals surface area contributed by atoms with Gasteiger partial charge in [0.15, 0.2) is 0 Å². The molecule has 0 bridgehead atoms. The molecule has 0 fully saturated rings. The van der Waals surface area contributed by atoms with E-state index in [4.69, 9.17) is 4.74 Å². The Morgan fingerprint density at radius 1 is 1.00 bits per heavy atom. The molecule has 29 heavy (non-hydrogen) atoms. The molecular formula is C23H18N2O4. The van der Waals surface area contributed by atoms with Gasteiger partial charge in [0.25, 0.3) is 0 Å². The number of carboxylic acid groups (broad SMARTS) is 1. The zero-order valence-corrected chi connectivity index (χ0v) is 15.5. The number of aromatic nitrogens is 1. The van der Waals surface area contributed by atoms with Crippen LogP contribution in [0.5, 0.6) is 0 Å². The molecule has 6 nitrogen and oxygen atoms in total. The number of fused-ring (bicyclic) bond motifs is 4. The van der Waals surface area contributed by atoms with Gasteiger partial charge < -0.3 is 9.84 Å². The molecule has 0 radical (unpaired) electrons. The predicted molar refractivity (Wildman–Crippen MR) is 106 cm³/mol. The molecule has 2 heterocycles. The molecule has 0 unspecified atom stereocenters. The van der Waals surface area contributed by atoms with Crippen molar-refractivity contribution < 1.29 is 19.4 Å². The molecule has 0 atom stereocenters. The summed E-state index contributed by atoms with van der Waals surface area (Å²) in [6.07, 6.45) is 1.00. The molecular weight excluding hydrogens is 368 g/mol. The minimum absolute atomic E-state index is 0.0102. The molecule has 1 amide bonds. The van der Waals surface area contributed by atoms with Crippen LogP contribution in [0.15, 0.2) is 60.8 Å². The summed E-state index contributed by atoms with van der Waals surface area (Å²) in [7, 11) is 0. The van der Waals surface area contributed by atoms with Gasteiger partial charge in [0.2, 0.25) is 0 Å². The van der Waals surface area contributed by atoms with Crippen molar-refractivity contribution in [1.29, 1.82) is 0 Å². The van der Waals surface area contributed by atoms with Crippen LogP contribution >= 0.6 is 0 Å². The molecule has 144 valence electrons. The van der Waals surface area contributed by atoms with Crippen LogP contribution in [-0.4, -0.2) is 33.7 Å². The lowest BCUT2D eigenvalue weighted by atomic mass is 9.98. The first-order valence-corrected chi connectivity index (χ1v) is 9.43. The SMILES string of the molecule is O=C(O)c1ccnc2c1CN(C(=O)OCC1c3ccccc3-c3ccccc31)C2. The topological polar surface area (TPSA) is 79.7 Å². The van der Waals surface area contributed by atoms with Gasteiger partial charge in [0.1, 0.15) is 6.61 Å². The van der Waals surface area contributed by atoms with Gasteiger partial charge in [-0.15, -0.1) is 0 Å². The number of hydrogen-bond acceptors (Lipinski definition) is 4. The summed E-state index contributed by atoms with van der Waals surface area (Å²) in [6, 6.07) is 17.8. The highest BCUT2D eigenvalue weighted by Gasteiger charge is 2.32. The maximum absolute atomic E-state index is 12.7. The van der Waals surface area contributed by atoms with Crippen molar-refractivity contribution in [3.05, 3.63) is 88.7 Å². The summed E-state index contributed by atoms with van der Waals surface area (Å²) in [5.41, 5.74) is 6.03. The number of amides is 1. The van der Waals surface area contributed by atoms with E-state index in [1.165, 1.54) is 28.3 Å². The van der Waals surface area contributed by atoms with Crippen molar-refractivity contribution in [2.24, 2.45) is 0 Å². The fraction of sp³-hybridized carbons (Fsp3) is 0.174. The van der Waals surface area contributed by atoms with E-state index in [0.29, 0.717) is 11.3 Å². The molecule has 1 aliphatic heterocycles. The van der Waals surface area contributed by atoms with Gasteiger partial charge in [-0.25, -0.2) is 9.59 Å². The van der Waals surface area contributed by atoms with Crippen LogP contribution in [0.2, 0.25) is 0 Å². The predicted octanol–water partition coefficient (Wildman–Crippen LogP) is 4.04. The first kappa shape index (κ1) is 17.4. The Balaban J connectivity index is 1.33. The van der Waals surface area contributed by atoms with E-state index in [1.807, 2.05) is 24.3 Å². The lowest BCUT2D eigenvalue weighted by molar-refractivity contribution is 0.0693. The fourth-order valence-electron chi connectivity index (χ4n) is 4.29. The Morgan fingerprint density at radius 3 is 2.31 bits per heavy atom. The van der Waals surface area contributed by atoms with E-state index in [9.17, 15) is 14.7 Å². The third-order valence-electron chi connectivity index (χ3n) is 5.66. The quantitative estimate of drug-likeness (QED) is 0.735. The van der Waals surface area contributed by atoms with Crippen molar-refractivity contribution in [3.8, 4) is 11.1 Å². The number of ether oxygens (including phenoxy) is 1. The standard InChI is InChI=1S/C23H18N2O4/c26-22(27)18-9-10-24-21-12-25(11-19(18)21)23(28)29-13-20-16-7-3-1-5-14(16)15-6-2-4-8-17(15)20/h1-10,20H,11-13H2,(H,26,27). The number of benzene rings is 2. The highest BCUT2D eigenvalue weighted by Crippen LogP contribution is 2.44. The Hall–Kier alpha value is -3.67. The van der Waals surface area contributed by atoms with Crippen molar-refractivity contribution in [3.63, 3.8) is 0 Å². The second-order valence-corrected chi connectivity index (χ2v) is 7.25. The molecule has 0 saturated carbocycles. The van der Waals surface area contributed by atoms with Crippen LogP contribution in [-0.2, 0) is 17.8 Å². The molecule has 1 aromatic heterocycles. The third kappa shape index (κ3) is 2.84. The Morgan fingerprint density at radius 2 is 1.66 bits per heavy atom. The van der Waals surface area contributed by atoms with Crippen LogP contribution < -0.4 is 0 Å². The van der Waals surface area contributed by atoms with Gasteiger partial charge in [-0.1, -0.05) is 48.5 Å². The van der Waals surface area contributed by atoms with E-state index in [-0.39, 0.29) is 31.2 Å². The minimum Gasteiger partial charge on any atom is -0.478 e. The van der Waals surface area contributed by atoms with E-state index >= 15 is 0 Å². The normalized spacial score (nSPS) is 14.3. The van der Waals surface area contributed by atoms with Gasteiger partial charge in [-0.3, -0.25) is 9.88 Å². The lowest BCUT2D eigenvalue weighted by Gasteiger charge is -2.18. The Kier molecular flexibility index (Phi) is 4.05. The maximum Gasteiger partial charge on any atom is 0.410 e. The lowest BCUT2D eigenvalue weighted by Crippen LogP contribution is -2.28. The summed E-state index contributed by atoms with van der Waals surface area (Å²) in [4.78, 5) is 29.8. The number of hydrogen-bond donors (Lipinski definition) is 1. The number of rotatable bonds is 3. The molecule has 2 aromatic carbocycles. The van der Waals surface area contributed by atoms with Gasteiger partial charge in [-0.05, 0) is 28.3 Å². The molecule has 1 N–H and O–H groups in total. The molecule has 6 heteroatoms. The number of carbonyl (C=O) groups is 2. The second kappa shape index (κ2) is 6.74. The number of carboxylic acids is 1. The van der Waals surface area contributed by atoms with Crippen molar-refractivity contribution in [2.45, 2.75) is 19.0 Å². The van der Waals surface area contributed by atoms with Crippen LogP contribution in [0.4, 0.5) is 4.79 Å². The van der Waals surface area contributed by atoms with Crippen molar-refractivity contribution in [2.75, 3.05) is 6.61 Å². The molecule has 1 aliphatic carbocycles. The van der Waals surface area contributed by atoms with Gasteiger partial charge >= 0.3 is 12.1 Å². The summed E-state index contributed by atoms with van der Waals surface area (Å²) < 4.78 is 5.67. The molecule has 5 rings (SSSR count). The largest absolute Gasteiger partial charge is 0.478 e. The van der Waals surface area contributed by atoms with Gasteiger partial charge in [0, 0.05) is 17.7 Å². The number of carbonyl (C=O) groups excluding carboxylic acids is 1. The Labute approximate surface area is 167 Å². The average molecular weight is 386 g/mol. The van der Waals surface area contributed by atoms with Crippen molar-refractivity contribution >= 4 is 12.1 Å². The summed E-state index contributed by atoms with van der Waals surface area (Å²) in [5, 5.41) is 9.34. The van der Waals surface area contributed by atoms with Crippen LogP contribution in [0, 0.1) is 0 Å². The van der Waals surface area contributed by atoms with E-state index in [2.05, 4.69) is 29.2 Å². The maximum atomic E-state index is 12.7. The average Bonchev–Trinajstić information content (AvgIpc) is 3.31. The number of pyridine rings is 1. The first-order valence-electron chi connectivity index (χ1n) is 9.43. The first-order chi connectivity index (χ1) is 14.1. The fourth-order valence-corrected chi connectivity index (χ4v) is 4.29. The van der Waals surface area contributed by atoms with Crippen molar-refractivity contribution in [1.82, 2.24) is 9.88 Å². The molecule has 3 aromatic rings. The zero-order valence-electron chi connectivity index (χ0n) is 15.5. The smallest absolute Gasteiger partial charge is 0.410 e. The molecule has 0 saturated heterocycles. The highest BCUT2D eigenvalue weighted by atomic mass is 16.6. The summed E-state index contributed by atoms with van der Waals surface area (Å²) in [6.45, 7) is 0.688. The second-order valence-electron chi connectivity index (χ2n) is 7.25. The van der Waals surface area contributed by atoms with Crippen LogP contribution in [0.3, 0.4) is 0 Å². The minimum atomic E-state index is -1.02. The zero-order chi connectivity index (χ0) is 20.0. The monoisotopic (exact) mass is 386 g/mol.